The molecule has 0 fully saturated rings. The second kappa shape index (κ2) is 9.21. The van der Waals surface area contributed by atoms with E-state index in [0.717, 1.165) is 6.07 Å². The lowest BCUT2D eigenvalue weighted by atomic mass is 10.2. The van der Waals surface area contributed by atoms with Crippen molar-refractivity contribution in [2.45, 2.75) is 19.7 Å². The Balaban J connectivity index is 2.01. The number of methoxy groups -OCH3 is 1. The Morgan fingerprint density at radius 3 is 2.81 bits per heavy atom. The molecule has 0 radical (unpaired) electrons. The standard InChI is InChI=1S/C16H16F3N3O4S/c1-3-25-14(23)7-11-9-27-15(21-11)22-20-8-10-4-5-12(24-2)13(6-10)26-16(17,18)19/h4-6,8-9H,3,7H2,1-2H3,(H,21,22). The maximum atomic E-state index is 12.4. The van der Waals surface area contributed by atoms with Gasteiger partial charge >= 0.3 is 12.3 Å². The summed E-state index contributed by atoms with van der Waals surface area (Å²) in [5.41, 5.74) is 3.53. The van der Waals surface area contributed by atoms with Crippen molar-refractivity contribution in [2.24, 2.45) is 5.10 Å². The number of ether oxygens (including phenoxy) is 3. The Morgan fingerprint density at radius 1 is 1.37 bits per heavy atom. The van der Waals surface area contributed by atoms with Gasteiger partial charge in [0.05, 0.1) is 32.0 Å². The molecule has 0 aliphatic rings. The molecule has 0 aliphatic heterocycles. The third kappa shape index (κ3) is 6.77. The number of halogens is 3. The number of esters is 1. The van der Waals surface area contributed by atoms with E-state index in [1.165, 1.54) is 36.8 Å². The van der Waals surface area contributed by atoms with Gasteiger partial charge in [0.2, 0.25) is 5.13 Å². The van der Waals surface area contributed by atoms with Gasteiger partial charge in [0.15, 0.2) is 11.5 Å². The molecule has 0 atom stereocenters. The van der Waals surface area contributed by atoms with Crippen molar-refractivity contribution in [3.05, 3.63) is 34.8 Å². The van der Waals surface area contributed by atoms with Crippen LogP contribution < -0.4 is 14.9 Å². The zero-order valence-electron chi connectivity index (χ0n) is 14.4. The van der Waals surface area contributed by atoms with Crippen LogP contribution in [-0.2, 0) is 16.0 Å². The number of carbonyl (C=O) groups is 1. The number of aromatic nitrogens is 1. The number of anilines is 1. The molecule has 0 saturated carbocycles. The number of nitrogens with one attached hydrogen (secondary N) is 1. The van der Waals surface area contributed by atoms with Gasteiger partial charge in [-0.25, -0.2) is 4.98 Å². The first-order valence-corrected chi connectivity index (χ1v) is 8.51. The van der Waals surface area contributed by atoms with Crippen molar-refractivity contribution in [3.8, 4) is 11.5 Å². The van der Waals surface area contributed by atoms with Gasteiger partial charge in [0.25, 0.3) is 0 Å². The number of benzene rings is 1. The first kappa shape index (κ1) is 20.5. The van der Waals surface area contributed by atoms with E-state index in [1.54, 1.807) is 12.3 Å². The number of hydrogen-bond acceptors (Lipinski definition) is 8. The van der Waals surface area contributed by atoms with Crippen molar-refractivity contribution in [2.75, 3.05) is 19.1 Å². The van der Waals surface area contributed by atoms with E-state index >= 15 is 0 Å². The van der Waals surface area contributed by atoms with Gasteiger partial charge in [0.1, 0.15) is 0 Å². The highest BCUT2D eigenvalue weighted by atomic mass is 32.1. The quantitative estimate of drug-likeness (QED) is 0.412. The van der Waals surface area contributed by atoms with E-state index in [0.29, 0.717) is 23.0 Å². The van der Waals surface area contributed by atoms with Crippen LogP contribution in [0.4, 0.5) is 18.3 Å². The number of nitrogens with zero attached hydrogens (tertiary/aromatic N) is 2. The maximum Gasteiger partial charge on any atom is 0.573 e. The molecular weight excluding hydrogens is 387 g/mol. The third-order valence-electron chi connectivity index (χ3n) is 2.97. The Morgan fingerprint density at radius 2 is 2.15 bits per heavy atom. The molecule has 0 bridgehead atoms. The average Bonchev–Trinajstić information content (AvgIpc) is 3.01. The van der Waals surface area contributed by atoms with Crippen molar-refractivity contribution < 1.29 is 32.2 Å². The van der Waals surface area contributed by atoms with Crippen LogP contribution in [0.25, 0.3) is 0 Å². The fourth-order valence-corrected chi connectivity index (χ4v) is 2.60. The molecule has 0 saturated heterocycles. The van der Waals surface area contributed by atoms with Crippen LogP contribution in [0.5, 0.6) is 11.5 Å². The van der Waals surface area contributed by atoms with Crippen LogP contribution in [-0.4, -0.2) is 37.2 Å². The minimum atomic E-state index is -4.84. The summed E-state index contributed by atoms with van der Waals surface area (Å²) in [6.45, 7) is 2.01. The summed E-state index contributed by atoms with van der Waals surface area (Å²) in [5, 5.41) is 6.01. The van der Waals surface area contributed by atoms with Gasteiger partial charge in [-0.1, -0.05) is 0 Å². The summed E-state index contributed by atoms with van der Waals surface area (Å²) in [6.07, 6.45) is -3.49. The molecule has 27 heavy (non-hydrogen) atoms. The molecule has 0 amide bonds. The van der Waals surface area contributed by atoms with Gasteiger partial charge in [0, 0.05) is 5.38 Å². The van der Waals surface area contributed by atoms with Crippen molar-refractivity contribution in [1.82, 2.24) is 4.98 Å². The summed E-state index contributed by atoms with van der Waals surface area (Å²) in [5.74, 6) is -0.908. The zero-order chi connectivity index (χ0) is 19.9. The molecule has 1 N–H and O–H groups in total. The summed E-state index contributed by atoms with van der Waals surface area (Å²) in [7, 11) is 1.24. The summed E-state index contributed by atoms with van der Waals surface area (Å²) >= 11 is 1.22. The molecule has 1 aromatic carbocycles. The molecule has 2 aromatic rings. The first-order chi connectivity index (χ1) is 12.8. The molecule has 7 nitrogen and oxygen atoms in total. The van der Waals surface area contributed by atoms with Crippen LogP contribution in [0.2, 0.25) is 0 Å². The molecule has 0 aliphatic carbocycles. The van der Waals surface area contributed by atoms with Crippen molar-refractivity contribution in [1.29, 1.82) is 0 Å². The second-order valence-electron chi connectivity index (χ2n) is 4.95. The fraction of sp³-hybridized carbons (Fsp3) is 0.312. The fourth-order valence-electron chi connectivity index (χ4n) is 1.94. The predicted octanol–water partition coefficient (Wildman–Crippen LogP) is 3.60. The molecule has 2 rings (SSSR count). The number of hydrazone groups is 1. The van der Waals surface area contributed by atoms with Crippen molar-refractivity contribution in [3.63, 3.8) is 0 Å². The van der Waals surface area contributed by atoms with Gasteiger partial charge < -0.3 is 14.2 Å². The van der Waals surface area contributed by atoms with Crippen LogP contribution in [0.3, 0.4) is 0 Å². The maximum absolute atomic E-state index is 12.4. The smallest absolute Gasteiger partial charge is 0.493 e. The van der Waals surface area contributed by atoms with E-state index in [9.17, 15) is 18.0 Å². The van der Waals surface area contributed by atoms with E-state index in [1.807, 2.05) is 0 Å². The Kier molecular flexibility index (Phi) is 6.99. The largest absolute Gasteiger partial charge is 0.573 e. The Bertz CT molecular complexity index is 808. The number of rotatable bonds is 8. The second-order valence-corrected chi connectivity index (χ2v) is 5.81. The van der Waals surface area contributed by atoms with Crippen LogP contribution >= 0.6 is 11.3 Å². The molecule has 11 heteroatoms. The first-order valence-electron chi connectivity index (χ1n) is 7.63. The predicted molar refractivity (Wildman–Crippen MR) is 93.3 cm³/mol. The molecular formula is C16H16F3N3O4S. The van der Waals surface area contributed by atoms with E-state index < -0.39 is 12.1 Å². The molecule has 146 valence electrons. The van der Waals surface area contributed by atoms with Crippen LogP contribution in [0.1, 0.15) is 18.2 Å². The molecule has 0 spiro atoms. The van der Waals surface area contributed by atoms with Gasteiger partial charge in [-0.2, -0.15) is 5.10 Å². The van der Waals surface area contributed by atoms with Crippen molar-refractivity contribution >= 4 is 28.7 Å². The monoisotopic (exact) mass is 403 g/mol. The lowest BCUT2D eigenvalue weighted by Crippen LogP contribution is -2.17. The summed E-state index contributed by atoms with van der Waals surface area (Å²) < 4.78 is 50.9. The van der Waals surface area contributed by atoms with Crippen LogP contribution in [0, 0.1) is 0 Å². The summed E-state index contributed by atoms with van der Waals surface area (Å²) in [6, 6.07) is 4.00. The van der Waals surface area contributed by atoms with Crippen LogP contribution in [0.15, 0.2) is 28.7 Å². The molecule has 1 aromatic heterocycles. The molecule has 1 heterocycles. The lowest BCUT2D eigenvalue weighted by Gasteiger charge is -2.12. The Hall–Kier alpha value is -2.82. The van der Waals surface area contributed by atoms with E-state index in [-0.39, 0.29) is 18.1 Å². The third-order valence-corrected chi connectivity index (χ3v) is 3.77. The number of alkyl halides is 3. The topological polar surface area (TPSA) is 82.0 Å². The van der Waals surface area contributed by atoms with Gasteiger partial charge in [-0.3, -0.25) is 10.2 Å². The summed E-state index contributed by atoms with van der Waals surface area (Å²) in [4.78, 5) is 15.6. The zero-order valence-corrected chi connectivity index (χ0v) is 15.2. The number of thiazole rings is 1. The number of carbonyl (C=O) groups excluding carboxylic acids is 1. The molecule has 0 unspecified atom stereocenters. The number of hydrogen-bond donors (Lipinski definition) is 1. The minimum Gasteiger partial charge on any atom is -0.493 e. The highest BCUT2D eigenvalue weighted by molar-refractivity contribution is 7.13. The van der Waals surface area contributed by atoms with Gasteiger partial charge in [-0.15, -0.1) is 24.5 Å². The minimum absolute atomic E-state index is 0.0480. The average molecular weight is 403 g/mol. The highest BCUT2D eigenvalue weighted by Crippen LogP contribution is 2.32. The van der Waals surface area contributed by atoms with Gasteiger partial charge in [-0.05, 0) is 30.7 Å². The van der Waals surface area contributed by atoms with E-state index in [2.05, 4.69) is 20.2 Å². The lowest BCUT2D eigenvalue weighted by molar-refractivity contribution is -0.275. The van der Waals surface area contributed by atoms with E-state index in [4.69, 9.17) is 9.47 Å². The Labute approximate surface area is 156 Å². The highest BCUT2D eigenvalue weighted by Gasteiger charge is 2.32. The SMILES string of the molecule is CCOC(=O)Cc1csc(NN=Cc2ccc(OC)c(OC(F)(F)F)c2)n1. The normalized spacial score (nSPS) is 11.4.